The lowest BCUT2D eigenvalue weighted by atomic mass is 10.0. The highest BCUT2D eigenvalue weighted by atomic mass is 35.5. The summed E-state index contributed by atoms with van der Waals surface area (Å²) in [5, 5.41) is 4.45. The van der Waals surface area contributed by atoms with E-state index in [2.05, 4.69) is 10.1 Å². The molecule has 0 aliphatic rings. The fourth-order valence-electron chi connectivity index (χ4n) is 3.62. The van der Waals surface area contributed by atoms with E-state index in [-0.39, 0.29) is 4.90 Å². The highest BCUT2D eigenvalue weighted by Gasteiger charge is 2.33. The number of hydrogen-bond donors (Lipinski definition) is 0. The second kappa shape index (κ2) is 9.29. The Balaban J connectivity index is 1.87. The molecule has 0 radical (unpaired) electrons. The quantitative estimate of drug-likeness (QED) is 0.358. The highest BCUT2D eigenvalue weighted by molar-refractivity contribution is 7.92. The van der Waals surface area contributed by atoms with E-state index in [1.54, 1.807) is 23.7 Å². The van der Waals surface area contributed by atoms with Gasteiger partial charge in [0.1, 0.15) is 24.3 Å². The summed E-state index contributed by atoms with van der Waals surface area (Å²) < 4.78 is 58.9. The first-order valence-electron chi connectivity index (χ1n) is 9.92. The van der Waals surface area contributed by atoms with Crippen molar-refractivity contribution in [2.45, 2.75) is 24.4 Å². The van der Waals surface area contributed by atoms with E-state index in [1.165, 1.54) is 36.9 Å². The van der Waals surface area contributed by atoms with Gasteiger partial charge in [-0.05, 0) is 54.4 Å². The minimum absolute atomic E-state index is 0.101. The van der Waals surface area contributed by atoms with E-state index in [0.717, 1.165) is 28.1 Å². The molecule has 33 heavy (non-hydrogen) atoms. The molecule has 0 saturated carbocycles. The molecule has 4 rings (SSSR count). The third kappa shape index (κ3) is 4.74. The lowest BCUT2D eigenvalue weighted by Gasteiger charge is -2.32. The number of nitrogens with zero attached hydrogens (tertiary/aromatic N) is 4. The van der Waals surface area contributed by atoms with Crippen LogP contribution in [-0.2, 0) is 16.6 Å². The van der Waals surface area contributed by atoms with E-state index in [0.29, 0.717) is 17.1 Å². The Morgan fingerprint density at radius 3 is 2.48 bits per heavy atom. The number of hydrogen-bond acceptors (Lipinski definition) is 4. The maximum Gasteiger partial charge on any atom is 0.264 e. The summed E-state index contributed by atoms with van der Waals surface area (Å²) in [5.41, 5.74) is 0.964. The molecule has 0 aliphatic carbocycles. The molecular weight excluding hydrogens is 470 g/mol. The standard InChI is InChI=1S/C23H19ClF2N4O2S/c1-16(21-5-3-2-4-17(21)13-29-15-27-14-28-29)30(23-12-19(25)8-11-22(23)26)33(31,32)20-9-6-18(24)7-10-20/h2-12,14-16H,13H2,1H3/t16-/m1/s1. The topological polar surface area (TPSA) is 68.1 Å². The maximum atomic E-state index is 14.9. The Morgan fingerprint density at radius 1 is 1.06 bits per heavy atom. The fraction of sp³-hybridized carbons (Fsp3) is 0.130. The van der Waals surface area contributed by atoms with Crippen molar-refractivity contribution in [2.75, 3.05) is 4.31 Å². The molecule has 1 aromatic heterocycles. The SMILES string of the molecule is C[C@H](c1ccccc1Cn1cncn1)N(c1cc(F)ccc1F)S(=O)(=O)c1ccc(Cl)cc1. The average molecular weight is 489 g/mol. The van der Waals surface area contributed by atoms with Crippen molar-refractivity contribution in [1.82, 2.24) is 14.8 Å². The van der Waals surface area contributed by atoms with Gasteiger partial charge in [0.25, 0.3) is 10.0 Å². The van der Waals surface area contributed by atoms with E-state index in [9.17, 15) is 17.2 Å². The zero-order chi connectivity index (χ0) is 23.6. The minimum Gasteiger partial charge on any atom is -0.256 e. The zero-order valence-electron chi connectivity index (χ0n) is 17.4. The number of sulfonamides is 1. The van der Waals surface area contributed by atoms with Crippen LogP contribution in [0.4, 0.5) is 14.5 Å². The van der Waals surface area contributed by atoms with Crippen molar-refractivity contribution in [3.8, 4) is 0 Å². The van der Waals surface area contributed by atoms with Gasteiger partial charge < -0.3 is 0 Å². The van der Waals surface area contributed by atoms with Crippen LogP contribution >= 0.6 is 11.6 Å². The maximum absolute atomic E-state index is 14.9. The molecule has 3 aromatic carbocycles. The number of anilines is 1. The van der Waals surface area contributed by atoms with Gasteiger partial charge >= 0.3 is 0 Å². The van der Waals surface area contributed by atoms with Crippen LogP contribution in [0.5, 0.6) is 0 Å². The lowest BCUT2D eigenvalue weighted by molar-refractivity contribution is 0.569. The van der Waals surface area contributed by atoms with Crippen molar-refractivity contribution in [3.05, 3.63) is 107 Å². The number of rotatable bonds is 7. The Morgan fingerprint density at radius 2 is 1.79 bits per heavy atom. The van der Waals surface area contributed by atoms with Crippen LogP contribution in [0.1, 0.15) is 24.1 Å². The van der Waals surface area contributed by atoms with Crippen molar-refractivity contribution < 1.29 is 17.2 Å². The molecule has 6 nitrogen and oxygen atoms in total. The van der Waals surface area contributed by atoms with Gasteiger partial charge in [0.15, 0.2) is 0 Å². The fourth-order valence-corrected chi connectivity index (χ4v) is 5.38. The predicted octanol–water partition coefficient (Wildman–Crippen LogP) is 5.21. The molecule has 1 heterocycles. The first-order valence-corrected chi connectivity index (χ1v) is 11.7. The van der Waals surface area contributed by atoms with Gasteiger partial charge in [-0.25, -0.2) is 26.9 Å². The normalized spacial score (nSPS) is 12.5. The molecule has 0 fully saturated rings. The van der Waals surface area contributed by atoms with Gasteiger partial charge in [-0.15, -0.1) is 0 Å². The summed E-state index contributed by atoms with van der Waals surface area (Å²) in [5.74, 6) is -1.62. The second-order valence-corrected chi connectivity index (χ2v) is 9.57. The van der Waals surface area contributed by atoms with Gasteiger partial charge in [-0.3, -0.25) is 4.31 Å². The van der Waals surface area contributed by atoms with Crippen LogP contribution in [0, 0.1) is 11.6 Å². The number of halogens is 3. The monoisotopic (exact) mass is 488 g/mol. The van der Waals surface area contributed by atoms with Crippen molar-refractivity contribution in [3.63, 3.8) is 0 Å². The van der Waals surface area contributed by atoms with Gasteiger partial charge in [0, 0.05) is 11.1 Å². The molecule has 0 amide bonds. The summed E-state index contributed by atoms with van der Waals surface area (Å²) in [4.78, 5) is 3.83. The molecular formula is C23H19ClF2N4O2S. The van der Waals surface area contributed by atoms with Gasteiger partial charge in [0.05, 0.1) is 23.2 Å². The molecule has 10 heteroatoms. The van der Waals surface area contributed by atoms with Crippen molar-refractivity contribution in [2.24, 2.45) is 0 Å². The van der Waals surface area contributed by atoms with Gasteiger partial charge in [-0.1, -0.05) is 35.9 Å². The molecule has 1 atom stereocenters. The van der Waals surface area contributed by atoms with Gasteiger partial charge in [0.2, 0.25) is 0 Å². The Kier molecular flexibility index (Phi) is 6.44. The lowest BCUT2D eigenvalue weighted by Crippen LogP contribution is -2.35. The van der Waals surface area contributed by atoms with Crippen LogP contribution in [0.2, 0.25) is 5.02 Å². The Labute approximate surface area is 195 Å². The molecule has 0 unspecified atom stereocenters. The van der Waals surface area contributed by atoms with Crippen LogP contribution in [0.25, 0.3) is 0 Å². The highest BCUT2D eigenvalue weighted by Crippen LogP contribution is 2.36. The van der Waals surface area contributed by atoms with Gasteiger partial charge in [-0.2, -0.15) is 5.10 Å². The summed E-state index contributed by atoms with van der Waals surface area (Å²) in [6.45, 7) is 1.94. The molecule has 0 bridgehead atoms. The smallest absolute Gasteiger partial charge is 0.256 e. The molecule has 0 aliphatic heterocycles. The van der Waals surface area contributed by atoms with Crippen molar-refractivity contribution >= 4 is 27.3 Å². The summed E-state index contributed by atoms with van der Waals surface area (Å²) in [6.07, 6.45) is 2.93. The largest absolute Gasteiger partial charge is 0.264 e. The Hall–Kier alpha value is -3.30. The third-order valence-corrected chi connectivity index (χ3v) is 7.32. The number of aromatic nitrogens is 3. The van der Waals surface area contributed by atoms with Crippen LogP contribution in [0.3, 0.4) is 0 Å². The van der Waals surface area contributed by atoms with Crippen LogP contribution < -0.4 is 4.31 Å². The summed E-state index contributed by atoms with van der Waals surface area (Å²) >= 11 is 5.92. The van der Waals surface area contributed by atoms with E-state index in [1.807, 2.05) is 12.1 Å². The minimum atomic E-state index is -4.30. The number of benzene rings is 3. The molecule has 0 spiro atoms. The van der Waals surface area contributed by atoms with E-state index < -0.39 is 33.4 Å². The summed E-state index contributed by atoms with van der Waals surface area (Å²) in [6, 6.07) is 14.5. The second-order valence-electron chi connectivity index (χ2n) is 7.32. The Bertz CT molecular complexity index is 1360. The molecule has 4 aromatic rings. The van der Waals surface area contributed by atoms with E-state index in [4.69, 9.17) is 11.6 Å². The third-order valence-electron chi connectivity index (χ3n) is 5.17. The molecule has 170 valence electrons. The molecule has 0 saturated heterocycles. The molecule has 0 N–H and O–H groups in total. The van der Waals surface area contributed by atoms with Crippen molar-refractivity contribution in [1.29, 1.82) is 0 Å². The predicted molar refractivity (Wildman–Crippen MR) is 121 cm³/mol. The average Bonchev–Trinajstić information content (AvgIpc) is 3.30. The van der Waals surface area contributed by atoms with Crippen LogP contribution in [-0.4, -0.2) is 23.2 Å². The van der Waals surface area contributed by atoms with E-state index >= 15 is 0 Å². The summed E-state index contributed by atoms with van der Waals surface area (Å²) in [7, 11) is -4.30. The zero-order valence-corrected chi connectivity index (χ0v) is 19.0. The van der Waals surface area contributed by atoms with Crippen LogP contribution in [0.15, 0.2) is 84.3 Å². The first kappa shape index (κ1) is 22.9. The first-order chi connectivity index (χ1) is 15.8.